The summed E-state index contributed by atoms with van der Waals surface area (Å²) in [5, 5.41) is 2.56. The first-order valence-corrected chi connectivity index (χ1v) is 6.55. The van der Waals surface area contributed by atoms with Crippen LogP contribution >= 0.6 is 11.8 Å². The lowest BCUT2D eigenvalue weighted by molar-refractivity contribution is -0.104. The monoisotopic (exact) mass is 295 g/mol. The van der Waals surface area contributed by atoms with E-state index in [0.717, 1.165) is 24.3 Å². The predicted molar refractivity (Wildman–Crippen MR) is 75.5 cm³/mol. The number of hydrogen-bond donors (Lipinski definition) is 1. The zero-order chi connectivity index (χ0) is 15.1. The van der Waals surface area contributed by atoms with Gasteiger partial charge in [0.2, 0.25) is 0 Å². The van der Waals surface area contributed by atoms with Gasteiger partial charge in [-0.25, -0.2) is 14.4 Å². The Hall–Kier alpha value is -2.02. The van der Waals surface area contributed by atoms with Crippen LogP contribution in [0, 0.1) is 5.82 Å². The van der Waals surface area contributed by atoms with Crippen LogP contribution in [0.4, 0.5) is 4.39 Å². The number of nitrogens with zero attached hydrogens (tertiary/aromatic N) is 2. The first-order chi connectivity index (χ1) is 9.49. The van der Waals surface area contributed by atoms with Crippen molar-refractivity contribution in [3.63, 3.8) is 0 Å². The molecular weight excluding hydrogens is 281 g/mol. The van der Waals surface area contributed by atoms with E-state index >= 15 is 0 Å². The zero-order valence-electron chi connectivity index (χ0n) is 11.1. The summed E-state index contributed by atoms with van der Waals surface area (Å²) in [6.07, 6.45) is 4.35. The van der Waals surface area contributed by atoms with Crippen molar-refractivity contribution in [3.05, 3.63) is 46.5 Å². The third-order valence-corrected chi connectivity index (χ3v) is 3.55. The first kappa shape index (κ1) is 16.0. The highest BCUT2D eigenvalue weighted by molar-refractivity contribution is 8.07. The van der Waals surface area contributed by atoms with Crippen LogP contribution in [-0.2, 0) is 4.79 Å². The van der Waals surface area contributed by atoms with Gasteiger partial charge >= 0.3 is 0 Å². The van der Waals surface area contributed by atoms with Crippen LogP contribution in [0.5, 0.6) is 0 Å². The standard InChI is InChI=1S/C13H14FN3O2S/c1-4-10(6-18)20-9(3)8(2)17-13(19)12-11(14)5-15-7-16-12/h4-8H,3H2,1-2H3,(H,17,19)/b10-4-. The molecule has 1 atom stereocenters. The van der Waals surface area contributed by atoms with Crippen molar-refractivity contribution in [2.75, 3.05) is 0 Å². The summed E-state index contributed by atoms with van der Waals surface area (Å²) in [6.45, 7) is 7.19. The van der Waals surface area contributed by atoms with Gasteiger partial charge in [-0.2, -0.15) is 0 Å². The number of halogens is 1. The summed E-state index contributed by atoms with van der Waals surface area (Å²) in [5.41, 5.74) is -0.328. The molecule has 0 saturated heterocycles. The molecule has 0 aromatic carbocycles. The molecule has 1 unspecified atom stereocenters. The molecule has 1 aromatic rings. The molecule has 0 spiro atoms. The molecule has 0 saturated carbocycles. The number of thioether (sulfide) groups is 1. The molecule has 0 aliphatic rings. The average Bonchev–Trinajstić information content (AvgIpc) is 2.44. The Labute approximate surface area is 120 Å². The smallest absolute Gasteiger partial charge is 0.273 e. The summed E-state index contributed by atoms with van der Waals surface area (Å²) >= 11 is 1.15. The molecule has 106 valence electrons. The molecular formula is C13H14FN3O2S. The fourth-order valence-corrected chi connectivity index (χ4v) is 1.92. The molecule has 1 aromatic heterocycles. The Bertz CT molecular complexity index is 560. The van der Waals surface area contributed by atoms with Crippen molar-refractivity contribution in [1.82, 2.24) is 15.3 Å². The summed E-state index contributed by atoms with van der Waals surface area (Å²) < 4.78 is 13.3. The van der Waals surface area contributed by atoms with Crippen molar-refractivity contribution in [1.29, 1.82) is 0 Å². The van der Waals surface area contributed by atoms with Gasteiger partial charge in [0.05, 0.1) is 12.2 Å². The van der Waals surface area contributed by atoms with Crippen LogP contribution in [-0.4, -0.2) is 28.2 Å². The summed E-state index contributed by atoms with van der Waals surface area (Å²) in [7, 11) is 0. The molecule has 1 heterocycles. The Morgan fingerprint density at radius 3 is 2.85 bits per heavy atom. The van der Waals surface area contributed by atoms with Crippen molar-refractivity contribution >= 4 is 24.0 Å². The normalized spacial score (nSPS) is 12.7. The van der Waals surface area contributed by atoms with Crippen molar-refractivity contribution in [3.8, 4) is 0 Å². The molecule has 7 heteroatoms. The van der Waals surface area contributed by atoms with Crippen LogP contribution in [0.1, 0.15) is 24.3 Å². The lowest BCUT2D eigenvalue weighted by Crippen LogP contribution is -2.34. The van der Waals surface area contributed by atoms with Gasteiger partial charge in [-0.15, -0.1) is 0 Å². The van der Waals surface area contributed by atoms with Gasteiger partial charge in [-0.3, -0.25) is 9.59 Å². The van der Waals surface area contributed by atoms with E-state index in [9.17, 15) is 14.0 Å². The van der Waals surface area contributed by atoms with E-state index in [1.54, 1.807) is 19.9 Å². The third kappa shape index (κ3) is 4.27. The van der Waals surface area contributed by atoms with E-state index in [1.807, 2.05) is 0 Å². The summed E-state index contributed by atoms with van der Waals surface area (Å²) in [4.78, 5) is 30.6. The number of allylic oxidation sites excluding steroid dienone is 2. The van der Waals surface area contributed by atoms with E-state index in [-0.39, 0.29) is 5.69 Å². The van der Waals surface area contributed by atoms with Crippen molar-refractivity contribution in [2.45, 2.75) is 19.9 Å². The fourth-order valence-electron chi connectivity index (χ4n) is 1.22. The van der Waals surface area contributed by atoms with E-state index in [4.69, 9.17) is 0 Å². The summed E-state index contributed by atoms with van der Waals surface area (Å²) in [5.74, 6) is -1.45. The molecule has 0 radical (unpaired) electrons. The maximum Gasteiger partial charge on any atom is 0.273 e. The van der Waals surface area contributed by atoms with Gasteiger partial charge in [0.1, 0.15) is 6.33 Å². The highest BCUT2D eigenvalue weighted by Gasteiger charge is 2.17. The lowest BCUT2D eigenvalue weighted by atomic mass is 10.3. The number of amides is 1. The quantitative estimate of drug-likeness (QED) is 0.642. The Balaban J connectivity index is 2.69. The minimum Gasteiger partial charge on any atom is -0.344 e. The highest BCUT2D eigenvalue weighted by Crippen LogP contribution is 2.24. The highest BCUT2D eigenvalue weighted by atomic mass is 32.2. The van der Waals surface area contributed by atoms with E-state index in [2.05, 4.69) is 21.9 Å². The van der Waals surface area contributed by atoms with Gasteiger partial charge in [0.25, 0.3) is 5.91 Å². The number of rotatable bonds is 6. The van der Waals surface area contributed by atoms with E-state index in [0.29, 0.717) is 16.1 Å². The zero-order valence-corrected chi connectivity index (χ0v) is 11.9. The SMILES string of the molecule is C=C(S/C(C=O)=C\C)C(C)NC(=O)c1ncncc1F. The first-order valence-electron chi connectivity index (χ1n) is 5.74. The maximum atomic E-state index is 13.3. The number of hydrogen-bond acceptors (Lipinski definition) is 5. The number of aromatic nitrogens is 2. The third-order valence-electron chi connectivity index (χ3n) is 2.36. The number of carbonyl (C=O) groups excluding carboxylic acids is 2. The number of nitrogens with one attached hydrogen (secondary N) is 1. The van der Waals surface area contributed by atoms with Gasteiger partial charge in [-0.05, 0) is 13.8 Å². The topological polar surface area (TPSA) is 72.0 Å². The van der Waals surface area contributed by atoms with Crippen LogP contribution in [0.3, 0.4) is 0 Å². The molecule has 20 heavy (non-hydrogen) atoms. The largest absolute Gasteiger partial charge is 0.344 e. The van der Waals surface area contributed by atoms with Crippen molar-refractivity contribution < 1.29 is 14.0 Å². The molecule has 5 nitrogen and oxygen atoms in total. The van der Waals surface area contributed by atoms with Crippen LogP contribution in [0.2, 0.25) is 0 Å². The Morgan fingerprint density at radius 1 is 1.60 bits per heavy atom. The van der Waals surface area contributed by atoms with Crippen LogP contribution < -0.4 is 5.32 Å². The molecule has 0 fully saturated rings. The van der Waals surface area contributed by atoms with E-state index in [1.165, 1.54) is 0 Å². The second-order valence-electron chi connectivity index (χ2n) is 3.79. The maximum absolute atomic E-state index is 13.3. The minimum atomic E-state index is -0.794. The summed E-state index contributed by atoms with van der Waals surface area (Å²) in [6, 6.07) is -0.447. The molecule has 0 aliphatic carbocycles. The Kier molecular flexibility index (Phi) is 6.05. The second kappa shape index (κ2) is 7.54. The van der Waals surface area contributed by atoms with Crippen LogP contribution in [0.15, 0.2) is 35.0 Å². The molecule has 0 aliphatic heterocycles. The molecule has 0 bridgehead atoms. The van der Waals surface area contributed by atoms with Gasteiger partial charge in [0, 0.05) is 9.81 Å². The lowest BCUT2D eigenvalue weighted by Gasteiger charge is -2.15. The Morgan fingerprint density at radius 2 is 2.30 bits per heavy atom. The van der Waals surface area contributed by atoms with Crippen LogP contribution in [0.25, 0.3) is 0 Å². The predicted octanol–water partition coefficient (Wildman–Crippen LogP) is 2.08. The van der Waals surface area contributed by atoms with Crippen molar-refractivity contribution in [2.24, 2.45) is 0 Å². The fraction of sp³-hybridized carbons (Fsp3) is 0.231. The average molecular weight is 295 g/mol. The van der Waals surface area contributed by atoms with Gasteiger partial charge in [-0.1, -0.05) is 24.4 Å². The molecule has 1 amide bonds. The molecule has 1 rings (SSSR count). The molecule has 1 N–H and O–H groups in total. The van der Waals surface area contributed by atoms with Gasteiger partial charge in [0.15, 0.2) is 17.8 Å². The van der Waals surface area contributed by atoms with Gasteiger partial charge < -0.3 is 5.32 Å². The van der Waals surface area contributed by atoms with E-state index < -0.39 is 17.8 Å². The number of aldehydes is 1. The second-order valence-corrected chi connectivity index (χ2v) is 4.99. The minimum absolute atomic E-state index is 0.328. The number of carbonyl (C=O) groups is 2.